The average molecular weight is 444 g/mol. The highest BCUT2D eigenvalue weighted by Crippen LogP contribution is 2.30. The van der Waals surface area contributed by atoms with Crippen LogP contribution in [0.5, 0.6) is 5.75 Å². The van der Waals surface area contributed by atoms with E-state index in [1.807, 2.05) is 45.3 Å². The van der Waals surface area contributed by atoms with E-state index in [4.69, 9.17) is 4.74 Å². The van der Waals surface area contributed by atoms with E-state index in [-0.39, 0.29) is 6.04 Å². The van der Waals surface area contributed by atoms with Gasteiger partial charge in [-0.2, -0.15) is 13.2 Å². The number of ether oxygens (including phenoxy) is 1. The number of rotatable bonds is 9. The van der Waals surface area contributed by atoms with Crippen molar-refractivity contribution in [1.29, 1.82) is 0 Å². The number of aliphatic imine (C=N–C) groups is 1. The van der Waals surface area contributed by atoms with Crippen molar-refractivity contribution in [2.75, 3.05) is 40.8 Å². The Morgan fingerprint density at radius 3 is 2.60 bits per heavy atom. The molecule has 0 amide bonds. The van der Waals surface area contributed by atoms with Crippen LogP contribution in [-0.4, -0.2) is 56.7 Å². The van der Waals surface area contributed by atoms with Crippen LogP contribution in [0, 0.1) is 0 Å². The number of hydrogen-bond acceptors (Lipinski definition) is 5. The summed E-state index contributed by atoms with van der Waals surface area (Å²) in [7, 11) is 5.60. The minimum Gasteiger partial charge on any atom is -0.496 e. The van der Waals surface area contributed by atoms with Crippen LogP contribution in [0.25, 0.3) is 0 Å². The van der Waals surface area contributed by atoms with Crippen LogP contribution >= 0.6 is 11.3 Å². The van der Waals surface area contributed by atoms with E-state index < -0.39 is 11.9 Å². The molecule has 0 spiro atoms. The Morgan fingerprint density at radius 1 is 1.27 bits per heavy atom. The number of aromatic nitrogens is 1. The summed E-state index contributed by atoms with van der Waals surface area (Å²) in [6.45, 7) is 3.54. The zero-order valence-corrected chi connectivity index (χ0v) is 18.4. The molecule has 10 heteroatoms. The molecule has 0 bridgehead atoms. The number of guanidine groups is 1. The molecule has 1 aromatic heterocycles. The molecule has 0 aliphatic carbocycles. The number of likely N-dealkylation sites (N-methyl/N-ethyl adjacent to an activating group) is 1. The Morgan fingerprint density at radius 2 is 2.00 bits per heavy atom. The molecular weight excluding hydrogens is 415 g/mol. The summed E-state index contributed by atoms with van der Waals surface area (Å²) in [5.41, 5.74) is 0.195. The van der Waals surface area contributed by atoms with Crippen molar-refractivity contribution in [3.8, 4) is 5.75 Å². The molecule has 2 N–H and O–H groups in total. The highest BCUT2D eigenvalue weighted by Gasteiger charge is 2.33. The quantitative estimate of drug-likeness (QED) is 0.458. The van der Waals surface area contributed by atoms with E-state index >= 15 is 0 Å². The van der Waals surface area contributed by atoms with Gasteiger partial charge in [-0.05, 0) is 27.1 Å². The van der Waals surface area contributed by atoms with Crippen molar-refractivity contribution in [2.24, 2.45) is 4.99 Å². The maximum Gasteiger partial charge on any atom is 0.434 e. The highest BCUT2D eigenvalue weighted by molar-refractivity contribution is 7.09. The second-order valence-corrected chi connectivity index (χ2v) is 7.68. The second-order valence-electron chi connectivity index (χ2n) is 6.74. The highest BCUT2D eigenvalue weighted by atomic mass is 32.1. The Kier molecular flexibility index (Phi) is 8.91. The summed E-state index contributed by atoms with van der Waals surface area (Å²) < 4.78 is 43.5. The van der Waals surface area contributed by atoms with E-state index in [9.17, 15) is 13.2 Å². The van der Waals surface area contributed by atoms with Crippen molar-refractivity contribution >= 4 is 17.3 Å². The Balaban J connectivity index is 2.02. The lowest BCUT2D eigenvalue weighted by molar-refractivity contribution is -0.140. The largest absolute Gasteiger partial charge is 0.496 e. The van der Waals surface area contributed by atoms with Gasteiger partial charge in [-0.1, -0.05) is 18.2 Å². The van der Waals surface area contributed by atoms with Gasteiger partial charge in [0.25, 0.3) is 0 Å². The van der Waals surface area contributed by atoms with Crippen LogP contribution in [0.15, 0.2) is 34.6 Å². The number of para-hydroxylation sites is 1. The molecule has 1 aromatic carbocycles. The third-order valence-corrected chi connectivity index (χ3v) is 5.27. The first-order valence-electron chi connectivity index (χ1n) is 9.59. The molecule has 2 aromatic rings. The Hall–Kier alpha value is -2.33. The number of alkyl halides is 3. The van der Waals surface area contributed by atoms with Gasteiger partial charge in [-0.15, -0.1) is 11.3 Å². The van der Waals surface area contributed by atoms with Gasteiger partial charge < -0.3 is 20.3 Å². The van der Waals surface area contributed by atoms with Crippen molar-refractivity contribution < 1.29 is 17.9 Å². The van der Waals surface area contributed by atoms with Crippen LogP contribution in [-0.2, 0) is 12.6 Å². The smallest absolute Gasteiger partial charge is 0.434 e. The molecule has 6 nitrogen and oxygen atoms in total. The Bertz CT molecular complexity index is 823. The van der Waals surface area contributed by atoms with Crippen LogP contribution in [0.3, 0.4) is 0 Å². The first-order chi connectivity index (χ1) is 14.3. The molecule has 0 aliphatic heterocycles. The number of hydrogen-bond donors (Lipinski definition) is 2. The van der Waals surface area contributed by atoms with Gasteiger partial charge in [0.2, 0.25) is 0 Å². The first-order valence-corrected chi connectivity index (χ1v) is 10.5. The van der Waals surface area contributed by atoms with Crippen LogP contribution in [0.1, 0.15) is 29.2 Å². The monoisotopic (exact) mass is 443 g/mol. The van der Waals surface area contributed by atoms with Gasteiger partial charge in [-0.3, -0.25) is 4.99 Å². The molecule has 0 fully saturated rings. The van der Waals surface area contributed by atoms with Crippen molar-refractivity contribution in [1.82, 2.24) is 20.5 Å². The number of methoxy groups -OCH3 is 1. The maximum absolute atomic E-state index is 12.7. The molecule has 1 atom stereocenters. The summed E-state index contributed by atoms with van der Waals surface area (Å²) in [4.78, 5) is 10.4. The van der Waals surface area contributed by atoms with E-state index in [0.717, 1.165) is 28.0 Å². The van der Waals surface area contributed by atoms with Gasteiger partial charge in [0.15, 0.2) is 11.7 Å². The zero-order valence-electron chi connectivity index (χ0n) is 17.6. The normalized spacial score (nSPS) is 13.4. The topological polar surface area (TPSA) is 61.8 Å². The maximum atomic E-state index is 12.7. The lowest BCUT2D eigenvalue weighted by Crippen LogP contribution is -2.39. The summed E-state index contributed by atoms with van der Waals surface area (Å²) in [5.74, 6) is 1.40. The molecule has 0 saturated heterocycles. The number of nitrogens with zero attached hydrogens (tertiary/aromatic N) is 3. The van der Waals surface area contributed by atoms with Crippen LogP contribution in [0.4, 0.5) is 13.2 Å². The number of thiazole rings is 1. The van der Waals surface area contributed by atoms with Crippen LogP contribution < -0.4 is 15.4 Å². The fourth-order valence-electron chi connectivity index (χ4n) is 2.84. The summed E-state index contributed by atoms with van der Waals surface area (Å²) in [5, 5.41) is 7.81. The predicted octanol–water partition coefficient (Wildman–Crippen LogP) is 3.57. The fraction of sp³-hybridized carbons (Fsp3) is 0.500. The average Bonchev–Trinajstić information content (AvgIpc) is 3.17. The van der Waals surface area contributed by atoms with E-state index in [2.05, 4.69) is 25.5 Å². The SMILES string of the molecule is CCNC(=NCC(c1ccccc1OC)N(C)C)NCCc1nc(C(F)(F)F)cs1. The molecule has 166 valence electrons. The molecule has 0 aliphatic rings. The third-order valence-electron chi connectivity index (χ3n) is 4.36. The van der Waals surface area contributed by atoms with Crippen molar-refractivity contribution in [2.45, 2.75) is 25.6 Å². The van der Waals surface area contributed by atoms with Gasteiger partial charge in [0.05, 0.1) is 24.7 Å². The first kappa shape index (κ1) is 23.9. The molecule has 2 rings (SSSR count). The van der Waals surface area contributed by atoms with E-state index in [1.165, 1.54) is 0 Å². The minimum absolute atomic E-state index is 0.00455. The van der Waals surface area contributed by atoms with E-state index in [1.54, 1.807) is 7.11 Å². The van der Waals surface area contributed by atoms with E-state index in [0.29, 0.717) is 37.0 Å². The summed E-state index contributed by atoms with van der Waals surface area (Å²) in [6, 6.07) is 7.82. The lowest BCUT2D eigenvalue weighted by atomic mass is 10.0. The predicted molar refractivity (Wildman–Crippen MR) is 114 cm³/mol. The minimum atomic E-state index is -4.40. The van der Waals surface area contributed by atoms with Gasteiger partial charge in [0, 0.05) is 30.5 Å². The number of halogens is 3. The Labute approximate surface area is 179 Å². The summed E-state index contributed by atoms with van der Waals surface area (Å²) >= 11 is 1.01. The number of benzene rings is 1. The van der Waals surface area contributed by atoms with Crippen molar-refractivity contribution in [3.05, 3.63) is 45.9 Å². The van der Waals surface area contributed by atoms with Gasteiger partial charge >= 0.3 is 6.18 Å². The molecular formula is C20H28F3N5OS. The fourth-order valence-corrected chi connectivity index (χ4v) is 3.65. The third kappa shape index (κ3) is 6.88. The molecule has 1 heterocycles. The second kappa shape index (κ2) is 11.2. The summed E-state index contributed by atoms with van der Waals surface area (Å²) in [6.07, 6.45) is -4.02. The molecule has 0 radical (unpaired) electrons. The van der Waals surface area contributed by atoms with Gasteiger partial charge in [0.1, 0.15) is 5.75 Å². The number of nitrogens with one attached hydrogen (secondary N) is 2. The van der Waals surface area contributed by atoms with Crippen LogP contribution in [0.2, 0.25) is 0 Å². The van der Waals surface area contributed by atoms with Gasteiger partial charge in [-0.25, -0.2) is 4.98 Å². The zero-order chi connectivity index (χ0) is 22.1. The van der Waals surface area contributed by atoms with Crippen molar-refractivity contribution in [3.63, 3.8) is 0 Å². The molecule has 30 heavy (non-hydrogen) atoms. The molecule has 0 saturated carbocycles. The lowest BCUT2D eigenvalue weighted by Gasteiger charge is -2.25. The molecule has 1 unspecified atom stereocenters. The standard InChI is InChI=1S/C20H28F3N5OS/c1-5-24-19(25-11-10-18-27-17(13-30-18)20(21,22)23)26-12-15(28(2)3)14-8-6-7-9-16(14)29-4/h6-9,13,15H,5,10-12H2,1-4H3,(H2,24,25,26).